The van der Waals surface area contributed by atoms with Gasteiger partial charge in [-0.15, -0.1) is 0 Å². The van der Waals surface area contributed by atoms with Crippen molar-refractivity contribution < 1.29 is 9.50 Å². The monoisotopic (exact) mass is 260 g/mol. The lowest BCUT2D eigenvalue weighted by Gasteiger charge is -2.25. The highest BCUT2D eigenvalue weighted by molar-refractivity contribution is 5.66. The fourth-order valence-electron chi connectivity index (χ4n) is 2.06. The van der Waals surface area contributed by atoms with Gasteiger partial charge in [0.25, 0.3) is 0 Å². The van der Waals surface area contributed by atoms with E-state index in [2.05, 4.69) is 4.98 Å². The molecule has 0 bridgehead atoms. The lowest BCUT2D eigenvalue weighted by atomic mass is 10.1. The van der Waals surface area contributed by atoms with Gasteiger partial charge in [0, 0.05) is 35.4 Å². The van der Waals surface area contributed by atoms with Crippen LogP contribution in [0.15, 0.2) is 36.5 Å². The summed E-state index contributed by atoms with van der Waals surface area (Å²) < 4.78 is 13.0. The fraction of sp³-hybridized carbons (Fsp3) is 0.267. The molecule has 4 heteroatoms. The van der Waals surface area contributed by atoms with Crippen LogP contribution in [0.1, 0.15) is 18.2 Å². The first-order valence-electron chi connectivity index (χ1n) is 6.25. The van der Waals surface area contributed by atoms with E-state index in [0.29, 0.717) is 0 Å². The number of aliphatic hydroxyl groups excluding tert-OH is 1. The zero-order valence-corrected chi connectivity index (χ0v) is 11.1. The van der Waals surface area contributed by atoms with Crippen molar-refractivity contribution in [3.05, 3.63) is 53.6 Å². The van der Waals surface area contributed by atoms with Crippen LogP contribution >= 0.6 is 0 Å². The molecule has 1 N–H and O–H groups in total. The van der Waals surface area contributed by atoms with Crippen molar-refractivity contribution in [2.24, 2.45) is 0 Å². The van der Waals surface area contributed by atoms with Crippen molar-refractivity contribution in [3.63, 3.8) is 0 Å². The first kappa shape index (κ1) is 13.5. The van der Waals surface area contributed by atoms with E-state index in [9.17, 15) is 9.50 Å². The van der Waals surface area contributed by atoms with Crippen molar-refractivity contribution in [1.29, 1.82) is 0 Å². The van der Waals surface area contributed by atoms with Crippen LogP contribution in [0, 0.1) is 12.7 Å². The van der Waals surface area contributed by atoms with Crippen LogP contribution in [0.25, 0.3) is 0 Å². The lowest BCUT2D eigenvalue weighted by molar-refractivity contribution is 0.281. The Hall–Kier alpha value is -1.94. The Kier molecular flexibility index (Phi) is 4.12. The van der Waals surface area contributed by atoms with Gasteiger partial charge in [0.05, 0.1) is 6.61 Å². The highest BCUT2D eigenvalue weighted by Crippen LogP contribution is 2.28. The SMILES string of the molecule is CCN(c1ccc(F)cc1)c1cc(C)ncc1CO. The van der Waals surface area contributed by atoms with Crippen LogP contribution in [-0.4, -0.2) is 16.6 Å². The molecule has 0 aliphatic rings. The summed E-state index contributed by atoms with van der Waals surface area (Å²) in [6.45, 7) is 4.58. The van der Waals surface area contributed by atoms with Gasteiger partial charge in [0.15, 0.2) is 0 Å². The molecule has 0 amide bonds. The Morgan fingerprint density at radius 1 is 1.26 bits per heavy atom. The first-order valence-corrected chi connectivity index (χ1v) is 6.25. The molecule has 19 heavy (non-hydrogen) atoms. The van der Waals surface area contributed by atoms with Gasteiger partial charge in [-0.3, -0.25) is 4.98 Å². The highest BCUT2D eigenvalue weighted by atomic mass is 19.1. The van der Waals surface area contributed by atoms with E-state index in [4.69, 9.17) is 0 Å². The molecule has 1 heterocycles. The number of hydrogen-bond acceptors (Lipinski definition) is 3. The van der Waals surface area contributed by atoms with Crippen molar-refractivity contribution in [3.8, 4) is 0 Å². The molecule has 100 valence electrons. The summed E-state index contributed by atoms with van der Waals surface area (Å²) in [6, 6.07) is 8.26. The van der Waals surface area contributed by atoms with E-state index in [0.717, 1.165) is 29.2 Å². The van der Waals surface area contributed by atoms with Crippen LogP contribution in [0.3, 0.4) is 0 Å². The smallest absolute Gasteiger partial charge is 0.123 e. The molecule has 0 atom stereocenters. The van der Waals surface area contributed by atoms with Crippen LogP contribution in [0.2, 0.25) is 0 Å². The second-order valence-corrected chi connectivity index (χ2v) is 4.33. The number of aliphatic hydroxyl groups is 1. The summed E-state index contributed by atoms with van der Waals surface area (Å²) in [7, 11) is 0. The molecule has 0 saturated carbocycles. The van der Waals surface area contributed by atoms with Crippen LogP contribution in [-0.2, 0) is 6.61 Å². The van der Waals surface area contributed by atoms with Crippen molar-refractivity contribution >= 4 is 11.4 Å². The molecule has 0 spiro atoms. The Morgan fingerprint density at radius 3 is 2.53 bits per heavy atom. The standard InChI is InChI=1S/C15H17FN2O/c1-3-18(14-6-4-13(16)5-7-14)15-8-11(2)17-9-12(15)10-19/h4-9,19H,3,10H2,1-2H3. The number of pyridine rings is 1. The minimum Gasteiger partial charge on any atom is -0.392 e. The minimum atomic E-state index is -0.256. The van der Waals surface area contributed by atoms with Gasteiger partial charge in [0.2, 0.25) is 0 Å². The second kappa shape index (κ2) is 5.80. The number of nitrogens with zero attached hydrogens (tertiary/aromatic N) is 2. The average molecular weight is 260 g/mol. The molecule has 0 unspecified atom stereocenters. The van der Waals surface area contributed by atoms with Crippen LogP contribution in [0.4, 0.5) is 15.8 Å². The number of hydrogen-bond donors (Lipinski definition) is 1. The topological polar surface area (TPSA) is 36.4 Å². The van der Waals surface area contributed by atoms with E-state index >= 15 is 0 Å². The molecule has 2 rings (SSSR count). The van der Waals surface area contributed by atoms with Crippen LogP contribution in [0.5, 0.6) is 0 Å². The highest BCUT2D eigenvalue weighted by Gasteiger charge is 2.12. The molecule has 1 aromatic carbocycles. The molecule has 1 aromatic heterocycles. The Morgan fingerprint density at radius 2 is 1.95 bits per heavy atom. The first-order chi connectivity index (χ1) is 9.15. The summed E-state index contributed by atoms with van der Waals surface area (Å²) in [5, 5.41) is 9.42. The maximum Gasteiger partial charge on any atom is 0.123 e. The van der Waals surface area contributed by atoms with Gasteiger partial charge in [-0.2, -0.15) is 0 Å². The van der Waals surface area contributed by atoms with Gasteiger partial charge in [-0.1, -0.05) is 0 Å². The van der Waals surface area contributed by atoms with Gasteiger partial charge in [-0.05, 0) is 44.2 Å². The third kappa shape index (κ3) is 2.90. The number of halogens is 1. The third-order valence-electron chi connectivity index (χ3n) is 3.01. The maximum atomic E-state index is 13.0. The molecule has 3 nitrogen and oxygen atoms in total. The predicted molar refractivity (Wildman–Crippen MR) is 74.0 cm³/mol. The van der Waals surface area contributed by atoms with Gasteiger partial charge >= 0.3 is 0 Å². The fourth-order valence-corrected chi connectivity index (χ4v) is 2.06. The quantitative estimate of drug-likeness (QED) is 0.917. The zero-order chi connectivity index (χ0) is 13.8. The summed E-state index contributed by atoms with van der Waals surface area (Å²) in [4.78, 5) is 6.22. The largest absolute Gasteiger partial charge is 0.392 e. The predicted octanol–water partition coefficient (Wildman–Crippen LogP) is 3.18. The van der Waals surface area contributed by atoms with Crippen molar-refractivity contribution in [1.82, 2.24) is 4.98 Å². The van der Waals surface area contributed by atoms with Gasteiger partial charge in [-0.25, -0.2) is 4.39 Å². The molecular formula is C15H17FN2O. The number of aryl methyl sites for hydroxylation is 1. The van der Waals surface area contributed by atoms with Crippen molar-refractivity contribution in [2.45, 2.75) is 20.5 Å². The summed E-state index contributed by atoms with van der Waals surface area (Å²) in [5.74, 6) is -0.256. The van der Waals surface area contributed by atoms with E-state index in [-0.39, 0.29) is 12.4 Å². The second-order valence-electron chi connectivity index (χ2n) is 4.33. The molecule has 0 radical (unpaired) electrons. The normalized spacial score (nSPS) is 10.5. The lowest BCUT2D eigenvalue weighted by Crippen LogP contribution is -2.18. The van der Waals surface area contributed by atoms with Gasteiger partial charge in [0.1, 0.15) is 5.82 Å². The zero-order valence-electron chi connectivity index (χ0n) is 11.1. The number of anilines is 2. The molecule has 0 saturated heterocycles. The van der Waals surface area contributed by atoms with E-state index in [1.54, 1.807) is 18.3 Å². The molecule has 0 aliphatic heterocycles. The van der Waals surface area contributed by atoms with Crippen molar-refractivity contribution in [2.75, 3.05) is 11.4 Å². The Bertz CT molecular complexity index is 555. The Labute approximate surface area is 112 Å². The Balaban J connectivity index is 2.47. The minimum absolute atomic E-state index is 0.0691. The number of aromatic nitrogens is 1. The number of benzene rings is 1. The number of rotatable bonds is 4. The molecule has 2 aromatic rings. The van der Waals surface area contributed by atoms with Crippen LogP contribution < -0.4 is 4.90 Å². The maximum absolute atomic E-state index is 13.0. The summed E-state index contributed by atoms with van der Waals surface area (Å²) in [6.07, 6.45) is 1.68. The third-order valence-corrected chi connectivity index (χ3v) is 3.01. The van der Waals surface area contributed by atoms with E-state index < -0.39 is 0 Å². The van der Waals surface area contributed by atoms with E-state index in [1.807, 2.05) is 24.8 Å². The molecule has 0 aliphatic carbocycles. The molecule has 0 fully saturated rings. The van der Waals surface area contributed by atoms with Gasteiger partial charge < -0.3 is 10.0 Å². The summed E-state index contributed by atoms with van der Waals surface area (Å²) >= 11 is 0. The summed E-state index contributed by atoms with van der Waals surface area (Å²) in [5.41, 5.74) is 3.44. The van der Waals surface area contributed by atoms with E-state index in [1.165, 1.54) is 12.1 Å². The average Bonchev–Trinajstić information content (AvgIpc) is 2.42. The molecular weight excluding hydrogens is 243 g/mol.